The maximum absolute atomic E-state index is 13.0. The first-order valence-corrected chi connectivity index (χ1v) is 10.4. The van der Waals surface area contributed by atoms with Gasteiger partial charge in [0.2, 0.25) is 5.95 Å². The van der Waals surface area contributed by atoms with E-state index < -0.39 is 12.3 Å². The molecule has 1 atom stereocenters. The van der Waals surface area contributed by atoms with Gasteiger partial charge >= 0.3 is 6.43 Å². The molecule has 2 aromatic heterocycles. The Morgan fingerprint density at radius 1 is 1.26 bits per heavy atom. The number of anilines is 1. The van der Waals surface area contributed by atoms with Gasteiger partial charge in [0.1, 0.15) is 0 Å². The minimum atomic E-state index is -3.02. The van der Waals surface area contributed by atoms with Gasteiger partial charge in [0, 0.05) is 41.3 Å². The predicted molar refractivity (Wildman–Crippen MR) is 112 cm³/mol. The number of aromatic nitrogens is 3. The van der Waals surface area contributed by atoms with Crippen molar-refractivity contribution in [1.82, 2.24) is 19.9 Å². The van der Waals surface area contributed by atoms with Crippen molar-refractivity contribution in [2.45, 2.75) is 32.4 Å². The van der Waals surface area contributed by atoms with Crippen LogP contribution in [-0.2, 0) is 22.5 Å². The number of nitrogens with zero attached hydrogens (tertiary/aromatic N) is 4. The van der Waals surface area contributed by atoms with Crippen molar-refractivity contribution in [2.24, 2.45) is 0 Å². The van der Waals surface area contributed by atoms with Crippen LogP contribution >= 0.6 is 0 Å². The molecule has 5 rings (SSSR count). The molecular formula is C22H23F2N5O2. The quantitative estimate of drug-likeness (QED) is 0.696. The van der Waals surface area contributed by atoms with E-state index in [1.807, 2.05) is 37.4 Å². The van der Waals surface area contributed by atoms with E-state index in [1.54, 1.807) is 0 Å². The molecule has 2 aliphatic rings. The van der Waals surface area contributed by atoms with Gasteiger partial charge < -0.3 is 19.5 Å². The third-order valence-electron chi connectivity index (χ3n) is 6.02. The largest absolute Gasteiger partial charge is 0.377 e. The third kappa shape index (κ3) is 3.52. The van der Waals surface area contributed by atoms with Crippen molar-refractivity contribution in [3.63, 3.8) is 0 Å². The summed E-state index contributed by atoms with van der Waals surface area (Å²) in [5.74, 6) is -0.611. The van der Waals surface area contributed by atoms with Gasteiger partial charge in [0.05, 0.1) is 37.2 Å². The number of rotatable bonds is 3. The zero-order valence-corrected chi connectivity index (χ0v) is 17.1. The summed E-state index contributed by atoms with van der Waals surface area (Å²) in [6, 6.07) is 8.06. The lowest BCUT2D eigenvalue weighted by molar-refractivity contribution is -0.143. The summed E-state index contributed by atoms with van der Waals surface area (Å²) < 4.78 is 31.6. The Labute approximate surface area is 178 Å². The molecule has 1 amide bonds. The van der Waals surface area contributed by atoms with Gasteiger partial charge in [0.25, 0.3) is 5.91 Å². The number of carbonyl (C=O) groups excluding carboxylic acids is 1. The van der Waals surface area contributed by atoms with E-state index in [2.05, 4.69) is 9.88 Å². The maximum Gasteiger partial charge on any atom is 0.315 e. The lowest BCUT2D eigenvalue weighted by Crippen LogP contribution is -2.45. The molecule has 4 heterocycles. The molecule has 0 spiro atoms. The van der Waals surface area contributed by atoms with Crippen molar-refractivity contribution in [3.05, 3.63) is 41.7 Å². The maximum atomic E-state index is 13.0. The first-order chi connectivity index (χ1) is 15.0. The van der Waals surface area contributed by atoms with E-state index in [9.17, 15) is 13.6 Å². The fraction of sp³-hybridized carbons (Fsp3) is 0.409. The highest BCUT2D eigenvalue weighted by molar-refractivity contribution is 5.95. The fourth-order valence-corrected chi connectivity index (χ4v) is 4.39. The van der Waals surface area contributed by atoms with Crippen molar-refractivity contribution in [1.29, 1.82) is 0 Å². The zero-order chi connectivity index (χ0) is 21.5. The monoisotopic (exact) mass is 427 g/mol. The minimum absolute atomic E-state index is 0.0576. The Balaban J connectivity index is 1.64. The second kappa shape index (κ2) is 7.88. The van der Waals surface area contributed by atoms with Crippen LogP contribution in [0.3, 0.4) is 0 Å². The summed E-state index contributed by atoms with van der Waals surface area (Å²) in [7, 11) is 0. The van der Waals surface area contributed by atoms with Gasteiger partial charge in [-0.05, 0) is 19.4 Å². The van der Waals surface area contributed by atoms with Crippen molar-refractivity contribution in [3.8, 4) is 11.3 Å². The number of fused-ring (bicyclic) bond motifs is 2. The lowest BCUT2D eigenvalue weighted by Gasteiger charge is -2.35. The molecule has 1 N–H and O–H groups in total. The average molecular weight is 427 g/mol. The standard InChI is InChI=1S/C22H23F2N5O2/c1-13-12-31-9-8-29(13)22-26-18-11-28(21(30)20(23)24)7-6-15(18)19(27-22)16-10-25-17-5-3-2-4-14(16)17/h2-5,10,13,20,25H,6-9,11-12H2,1H3/t13-/m1/s1. The number of benzene rings is 1. The zero-order valence-electron chi connectivity index (χ0n) is 17.1. The number of carbonyl (C=O) groups is 1. The Kier molecular flexibility index (Phi) is 5.05. The van der Waals surface area contributed by atoms with Crippen molar-refractivity contribution < 1.29 is 18.3 Å². The molecule has 0 radical (unpaired) electrons. The van der Waals surface area contributed by atoms with Crippen LogP contribution in [0.1, 0.15) is 18.2 Å². The number of amides is 1. The molecule has 7 nitrogen and oxygen atoms in total. The van der Waals surface area contributed by atoms with Crippen molar-refractivity contribution >= 4 is 22.8 Å². The smallest absolute Gasteiger partial charge is 0.315 e. The predicted octanol–water partition coefficient (Wildman–Crippen LogP) is 3.00. The first kappa shape index (κ1) is 19.9. The number of hydrogen-bond donors (Lipinski definition) is 1. The minimum Gasteiger partial charge on any atom is -0.377 e. The second-order valence-corrected chi connectivity index (χ2v) is 7.97. The molecule has 0 bridgehead atoms. The van der Waals surface area contributed by atoms with Crippen LogP contribution < -0.4 is 4.90 Å². The Hall–Kier alpha value is -3.07. The summed E-state index contributed by atoms with van der Waals surface area (Å²) in [6.07, 6.45) is -0.659. The highest BCUT2D eigenvalue weighted by Crippen LogP contribution is 2.35. The van der Waals surface area contributed by atoms with Gasteiger partial charge in [0.15, 0.2) is 0 Å². The highest BCUT2D eigenvalue weighted by Gasteiger charge is 2.32. The van der Waals surface area contributed by atoms with Gasteiger partial charge in [-0.3, -0.25) is 4.79 Å². The van der Waals surface area contributed by atoms with Gasteiger partial charge in [-0.2, -0.15) is 8.78 Å². The van der Waals surface area contributed by atoms with E-state index in [-0.39, 0.29) is 19.1 Å². The molecule has 1 saturated heterocycles. The molecule has 0 unspecified atom stereocenters. The summed E-state index contributed by atoms with van der Waals surface area (Å²) in [4.78, 5) is 28.2. The molecule has 31 heavy (non-hydrogen) atoms. The fourth-order valence-electron chi connectivity index (χ4n) is 4.39. The summed E-state index contributed by atoms with van der Waals surface area (Å²) in [6.45, 7) is 4.11. The van der Waals surface area contributed by atoms with Gasteiger partial charge in [-0.1, -0.05) is 18.2 Å². The molecule has 1 fully saturated rings. The van der Waals surface area contributed by atoms with Gasteiger partial charge in [-0.15, -0.1) is 0 Å². The number of halogens is 2. The molecule has 9 heteroatoms. The first-order valence-electron chi connectivity index (χ1n) is 10.4. The van der Waals surface area contributed by atoms with Crippen LogP contribution in [0.4, 0.5) is 14.7 Å². The second-order valence-electron chi connectivity index (χ2n) is 7.97. The van der Waals surface area contributed by atoms with E-state index in [0.29, 0.717) is 37.8 Å². The SMILES string of the molecule is C[C@@H]1COCCN1c1nc2c(c(-c3c[nH]c4ccccc34)n1)CCN(C(=O)C(F)F)C2. The van der Waals surface area contributed by atoms with Gasteiger partial charge in [-0.25, -0.2) is 9.97 Å². The Morgan fingerprint density at radius 2 is 2.10 bits per heavy atom. The molecular weight excluding hydrogens is 404 g/mol. The summed E-state index contributed by atoms with van der Waals surface area (Å²) in [5.41, 5.74) is 4.28. The Morgan fingerprint density at radius 3 is 2.90 bits per heavy atom. The molecule has 162 valence electrons. The number of aromatic amines is 1. The Bertz CT molecular complexity index is 1130. The van der Waals surface area contributed by atoms with Crippen LogP contribution in [0.5, 0.6) is 0 Å². The third-order valence-corrected chi connectivity index (χ3v) is 6.02. The van der Waals surface area contributed by atoms with E-state index >= 15 is 0 Å². The van der Waals surface area contributed by atoms with Crippen molar-refractivity contribution in [2.75, 3.05) is 31.2 Å². The lowest BCUT2D eigenvalue weighted by atomic mass is 9.98. The van der Waals surface area contributed by atoms with Crippen LogP contribution in [-0.4, -0.2) is 64.5 Å². The normalized spacial score (nSPS) is 19.2. The molecule has 0 saturated carbocycles. The van der Waals surface area contributed by atoms with E-state index in [4.69, 9.17) is 14.7 Å². The number of ether oxygens (including phenoxy) is 1. The molecule has 1 aromatic carbocycles. The van der Waals surface area contributed by atoms with E-state index in [0.717, 1.165) is 27.7 Å². The van der Waals surface area contributed by atoms with Crippen LogP contribution in [0.25, 0.3) is 22.2 Å². The number of H-pyrrole nitrogens is 1. The van der Waals surface area contributed by atoms with Crippen LogP contribution in [0.15, 0.2) is 30.5 Å². The highest BCUT2D eigenvalue weighted by atomic mass is 19.3. The number of hydrogen-bond acceptors (Lipinski definition) is 5. The molecule has 2 aliphatic heterocycles. The van der Waals surface area contributed by atoms with Crippen LogP contribution in [0, 0.1) is 0 Å². The number of alkyl halides is 2. The van der Waals surface area contributed by atoms with Crippen LogP contribution in [0.2, 0.25) is 0 Å². The number of nitrogens with one attached hydrogen (secondary N) is 1. The number of para-hydroxylation sites is 1. The average Bonchev–Trinajstić information content (AvgIpc) is 3.21. The molecule has 0 aliphatic carbocycles. The topological polar surface area (TPSA) is 74.3 Å². The number of morpholine rings is 1. The summed E-state index contributed by atoms with van der Waals surface area (Å²) >= 11 is 0. The molecule has 3 aromatic rings. The van der Waals surface area contributed by atoms with E-state index in [1.165, 1.54) is 4.90 Å². The summed E-state index contributed by atoms with van der Waals surface area (Å²) in [5, 5.41) is 1.04.